The van der Waals surface area contributed by atoms with Crippen molar-refractivity contribution in [3.63, 3.8) is 0 Å². The van der Waals surface area contributed by atoms with Gasteiger partial charge in [-0.15, -0.1) is 0 Å². The second-order valence-electron chi connectivity index (χ2n) is 9.02. The van der Waals surface area contributed by atoms with Crippen molar-refractivity contribution in [1.82, 2.24) is 0 Å². The van der Waals surface area contributed by atoms with Gasteiger partial charge in [0.2, 0.25) is 8.32 Å². The second-order valence-corrected chi connectivity index (χ2v) is 14.4. The van der Waals surface area contributed by atoms with E-state index >= 15 is 0 Å². The average molecular weight is 429 g/mol. The second kappa shape index (κ2) is 11.3. The zero-order valence-electron chi connectivity index (χ0n) is 19.6. The Kier molecular flexibility index (Phi) is 10.1. The Morgan fingerprint density at radius 1 is 1.14 bits per heavy atom. The van der Waals surface area contributed by atoms with Crippen molar-refractivity contribution < 1.29 is 28.2 Å². The van der Waals surface area contributed by atoms with Crippen LogP contribution in [-0.2, 0) is 28.2 Å². The first-order valence-electron chi connectivity index (χ1n) is 10.6. The maximum Gasteiger partial charge on any atom is 0.308 e. The molecule has 0 bridgehead atoms. The molecule has 0 aromatic rings. The van der Waals surface area contributed by atoms with Crippen molar-refractivity contribution in [3.8, 4) is 0 Å². The summed E-state index contributed by atoms with van der Waals surface area (Å²) in [5.74, 6) is -0.590. The molecule has 0 aromatic heterocycles. The number of hydrogen-bond donors (Lipinski definition) is 0. The summed E-state index contributed by atoms with van der Waals surface area (Å²) in [4.78, 5) is 23.4. The third-order valence-corrected chi connectivity index (χ3v) is 12.0. The van der Waals surface area contributed by atoms with E-state index in [2.05, 4.69) is 41.5 Å². The molecular formula is C22H40O6Si. The fourth-order valence-electron chi connectivity index (χ4n) is 4.58. The van der Waals surface area contributed by atoms with Crippen LogP contribution in [0.15, 0.2) is 11.6 Å². The Morgan fingerprint density at radius 2 is 1.69 bits per heavy atom. The number of cyclic esters (lactones) is 1. The summed E-state index contributed by atoms with van der Waals surface area (Å²) >= 11 is 0. The molecule has 0 radical (unpaired) electrons. The van der Waals surface area contributed by atoms with Crippen molar-refractivity contribution >= 4 is 20.3 Å². The van der Waals surface area contributed by atoms with E-state index < -0.39 is 20.5 Å². The van der Waals surface area contributed by atoms with E-state index in [4.69, 9.17) is 18.6 Å². The minimum absolute atomic E-state index is 0.178. The van der Waals surface area contributed by atoms with E-state index in [1.165, 1.54) is 6.92 Å². The van der Waals surface area contributed by atoms with Crippen LogP contribution in [0.25, 0.3) is 0 Å². The number of rotatable bonds is 10. The van der Waals surface area contributed by atoms with Crippen molar-refractivity contribution in [3.05, 3.63) is 11.6 Å². The molecule has 1 heterocycles. The molecule has 1 rings (SSSR count). The van der Waals surface area contributed by atoms with Crippen molar-refractivity contribution in [2.45, 2.75) is 103 Å². The first-order valence-corrected chi connectivity index (χ1v) is 12.8. The molecular weight excluding hydrogens is 388 g/mol. The summed E-state index contributed by atoms with van der Waals surface area (Å²) in [5.41, 5.74) is 2.05. The van der Waals surface area contributed by atoms with Crippen molar-refractivity contribution in [2.75, 3.05) is 13.7 Å². The summed E-state index contributed by atoms with van der Waals surface area (Å²) in [6.07, 6.45) is 1.82. The third kappa shape index (κ3) is 6.93. The quantitative estimate of drug-likeness (QED) is 0.283. The van der Waals surface area contributed by atoms with E-state index in [1.807, 2.05) is 13.0 Å². The van der Waals surface area contributed by atoms with Crippen LogP contribution >= 0.6 is 0 Å². The van der Waals surface area contributed by atoms with E-state index in [9.17, 15) is 9.59 Å². The third-order valence-electron chi connectivity index (χ3n) is 5.87. The van der Waals surface area contributed by atoms with Crippen LogP contribution in [0.5, 0.6) is 0 Å². The number of ether oxygens (including phenoxy) is 3. The molecule has 1 saturated heterocycles. The Hall–Kier alpha value is -1.18. The summed E-state index contributed by atoms with van der Waals surface area (Å²) in [6.45, 7) is 16.8. The van der Waals surface area contributed by atoms with Crippen LogP contribution in [0.1, 0.15) is 68.2 Å². The largest absolute Gasteiger partial charge is 0.461 e. The smallest absolute Gasteiger partial charge is 0.308 e. The monoisotopic (exact) mass is 428 g/mol. The van der Waals surface area contributed by atoms with Gasteiger partial charge in [-0.1, -0.05) is 47.6 Å². The molecule has 0 saturated carbocycles. The van der Waals surface area contributed by atoms with Gasteiger partial charge in [-0.2, -0.15) is 0 Å². The van der Waals surface area contributed by atoms with E-state index in [0.29, 0.717) is 23.0 Å². The van der Waals surface area contributed by atoms with E-state index in [-0.39, 0.29) is 31.1 Å². The van der Waals surface area contributed by atoms with Crippen LogP contribution in [0.4, 0.5) is 0 Å². The summed E-state index contributed by atoms with van der Waals surface area (Å²) in [6, 6.07) is 0. The Morgan fingerprint density at radius 3 is 2.14 bits per heavy atom. The molecule has 1 aliphatic rings. The fraction of sp³-hybridized carbons (Fsp3) is 0.818. The molecule has 29 heavy (non-hydrogen) atoms. The highest BCUT2D eigenvalue weighted by Crippen LogP contribution is 2.44. The molecule has 6 nitrogen and oxygen atoms in total. The van der Waals surface area contributed by atoms with Gasteiger partial charge in [-0.05, 0) is 29.1 Å². The van der Waals surface area contributed by atoms with Gasteiger partial charge >= 0.3 is 11.9 Å². The molecule has 0 unspecified atom stereocenters. The van der Waals surface area contributed by atoms with Crippen LogP contribution in [0.3, 0.4) is 0 Å². The summed E-state index contributed by atoms with van der Waals surface area (Å²) < 4.78 is 23.3. The number of carbonyl (C=O) groups excluding carboxylic acids is 2. The van der Waals surface area contributed by atoms with Crippen LogP contribution < -0.4 is 0 Å². The molecule has 0 spiro atoms. The summed E-state index contributed by atoms with van der Waals surface area (Å²) in [5, 5.41) is 0. The minimum Gasteiger partial charge on any atom is -0.461 e. The molecule has 1 fully saturated rings. The number of esters is 2. The van der Waals surface area contributed by atoms with Gasteiger partial charge in [0.15, 0.2) is 0 Å². The average Bonchev–Trinajstić information content (AvgIpc) is 2.61. The first kappa shape index (κ1) is 25.9. The van der Waals surface area contributed by atoms with Crippen LogP contribution in [-0.4, -0.2) is 52.3 Å². The standard InChI is InChI=1S/C22H40O6Si/c1-14(2)29(15(3)4,16(5)6)28-21(10-17(7)13-26-18(8)23)20-11-19(25-9)12-22(24)27-20/h10,14-16,19-21H,11-13H2,1-9H3/b17-10+/t19-,20-,21-/m1/s1. The molecule has 7 heteroatoms. The predicted molar refractivity (Wildman–Crippen MR) is 116 cm³/mol. The molecule has 0 amide bonds. The van der Waals surface area contributed by atoms with Gasteiger partial charge in [0.1, 0.15) is 18.8 Å². The van der Waals surface area contributed by atoms with Crippen molar-refractivity contribution in [1.29, 1.82) is 0 Å². The Bertz CT molecular complexity index is 562. The lowest BCUT2D eigenvalue weighted by atomic mass is 10.00. The lowest BCUT2D eigenvalue weighted by molar-refractivity contribution is -0.167. The number of methoxy groups -OCH3 is 1. The summed E-state index contributed by atoms with van der Waals surface area (Å²) in [7, 11) is -0.606. The molecule has 0 N–H and O–H groups in total. The lowest BCUT2D eigenvalue weighted by Crippen LogP contribution is -2.53. The zero-order valence-corrected chi connectivity index (χ0v) is 20.6. The SMILES string of the molecule is CO[C@H]1CC(=O)O[C@@H]([C@@H](/C=C(\C)COC(C)=O)O[Si](C(C)C)(C(C)C)C(C)C)C1. The van der Waals surface area contributed by atoms with Gasteiger partial charge in [0.25, 0.3) is 0 Å². The molecule has 0 aromatic carbocycles. The highest BCUT2D eigenvalue weighted by molar-refractivity contribution is 6.77. The van der Waals surface area contributed by atoms with Crippen LogP contribution in [0.2, 0.25) is 16.6 Å². The lowest BCUT2D eigenvalue weighted by Gasteiger charge is -2.46. The highest BCUT2D eigenvalue weighted by Gasteiger charge is 2.48. The fourth-order valence-corrected chi connectivity index (χ4v) is 10.1. The minimum atomic E-state index is -2.22. The normalized spacial score (nSPS) is 22.2. The van der Waals surface area contributed by atoms with E-state index in [0.717, 1.165) is 5.57 Å². The Balaban J connectivity index is 3.29. The number of hydrogen-bond acceptors (Lipinski definition) is 6. The maximum atomic E-state index is 12.2. The van der Waals surface area contributed by atoms with Crippen molar-refractivity contribution in [2.24, 2.45) is 0 Å². The Labute approximate surface area is 177 Å². The van der Waals surface area contributed by atoms with Gasteiger partial charge in [-0.25, -0.2) is 0 Å². The van der Waals surface area contributed by atoms with Gasteiger partial charge in [0, 0.05) is 20.5 Å². The molecule has 168 valence electrons. The van der Waals surface area contributed by atoms with Gasteiger partial charge < -0.3 is 18.6 Å². The van der Waals surface area contributed by atoms with Gasteiger partial charge in [-0.3, -0.25) is 9.59 Å². The van der Waals surface area contributed by atoms with Gasteiger partial charge in [0.05, 0.1) is 12.5 Å². The van der Waals surface area contributed by atoms with E-state index in [1.54, 1.807) is 7.11 Å². The zero-order chi connectivity index (χ0) is 22.4. The first-order chi connectivity index (χ1) is 13.4. The maximum absolute atomic E-state index is 12.2. The van der Waals surface area contributed by atoms with Crippen LogP contribution in [0, 0.1) is 0 Å². The molecule has 3 atom stereocenters. The predicted octanol–water partition coefficient (Wildman–Crippen LogP) is 4.78. The molecule has 0 aliphatic carbocycles. The number of carbonyl (C=O) groups is 2. The topological polar surface area (TPSA) is 71.1 Å². The highest BCUT2D eigenvalue weighted by atomic mass is 28.4. The molecule has 1 aliphatic heterocycles.